The van der Waals surface area contributed by atoms with Crippen molar-refractivity contribution in [3.05, 3.63) is 47.5 Å². The highest BCUT2D eigenvalue weighted by atomic mass is 31.2. The summed E-state index contributed by atoms with van der Waals surface area (Å²) in [4.78, 5) is 57.0. The van der Waals surface area contributed by atoms with E-state index in [0.717, 1.165) is 30.3 Å². The third-order valence-electron chi connectivity index (χ3n) is 5.65. The number of esters is 2. The number of benzene rings is 2. The topological polar surface area (TPSA) is 203 Å². The van der Waals surface area contributed by atoms with Crippen LogP contribution >= 0.6 is 15.2 Å². The van der Waals surface area contributed by atoms with Crippen LogP contribution in [0.2, 0.25) is 0 Å². The molecule has 0 aliphatic heterocycles. The summed E-state index contributed by atoms with van der Waals surface area (Å²) in [6.45, 7) is 7.95. The number of aryl methyl sites for hydroxylation is 1. The molecule has 0 radical (unpaired) electrons. The highest BCUT2D eigenvalue weighted by Crippen LogP contribution is 2.44. The summed E-state index contributed by atoms with van der Waals surface area (Å²) in [5.41, 5.74) is -1.59. The Kier molecular flexibility index (Phi) is 11.3. The summed E-state index contributed by atoms with van der Waals surface area (Å²) in [5, 5.41) is 19.7. The first-order chi connectivity index (χ1) is 19.1. The van der Waals surface area contributed by atoms with Gasteiger partial charge in [0.15, 0.2) is 5.78 Å². The minimum Gasteiger partial charge on any atom is -0.507 e. The van der Waals surface area contributed by atoms with E-state index < -0.39 is 74.1 Å². The number of phenolic OH excluding ortho intramolecular Hbond substituents is 2. The van der Waals surface area contributed by atoms with Crippen LogP contribution in [0.4, 0.5) is 0 Å². The van der Waals surface area contributed by atoms with Gasteiger partial charge in [-0.3, -0.25) is 32.6 Å². The Morgan fingerprint density at radius 1 is 0.738 bits per heavy atom. The van der Waals surface area contributed by atoms with Crippen LogP contribution in [0.3, 0.4) is 0 Å². The fourth-order valence-electron chi connectivity index (χ4n) is 3.16. The van der Waals surface area contributed by atoms with Crippen LogP contribution < -0.4 is 10.6 Å². The number of phenols is 2. The van der Waals surface area contributed by atoms with Crippen LogP contribution in [-0.4, -0.2) is 51.3 Å². The number of carbonyl (C=O) groups excluding carboxylic acids is 3. The lowest BCUT2D eigenvalue weighted by molar-refractivity contribution is -0.160. The summed E-state index contributed by atoms with van der Waals surface area (Å²) in [5.74, 6) is -2.97. The molecule has 2 aromatic rings. The lowest BCUT2D eigenvalue weighted by Gasteiger charge is -2.18. The quantitative estimate of drug-likeness (QED) is 0.115. The van der Waals surface area contributed by atoms with Gasteiger partial charge in [-0.2, -0.15) is 0 Å². The molecule has 0 aliphatic rings. The number of ether oxygens (including phenoxy) is 2. The number of hydrogen-bond acceptors (Lipinski definition) is 11. The van der Waals surface area contributed by atoms with E-state index in [1.165, 1.54) is 6.07 Å². The van der Waals surface area contributed by atoms with Crippen molar-refractivity contribution in [2.24, 2.45) is 10.8 Å². The van der Waals surface area contributed by atoms with Crippen molar-refractivity contribution in [1.29, 1.82) is 0 Å². The molecule has 0 saturated carbocycles. The maximum atomic E-state index is 12.8. The number of aromatic hydroxyl groups is 2. The van der Waals surface area contributed by atoms with Crippen molar-refractivity contribution in [2.75, 3.05) is 13.6 Å². The molecular formula is C27H36O13P2. The molecule has 0 bridgehead atoms. The molecular weight excluding hydrogens is 594 g/mol. The normalized spacial score (nSPS) is 14.9. The van der Waals surface area contributed by atoms with Crippen LogP contribution in [0.1, 0.15) is 63.9 Å². The molecule has 2 unspecified atom stereocenters. The van der Waals surface area contributed by atoms with Gasteiger partial charge in [0.2, 0.25) is 13.6 Å². The van der Waals surface area contributed by atoms with Crippen LogP contribution in [0.15, 0.2) is 36.4 Å². The second kappa shape index (κ2) is 13.5. The first-order valence-electron chi connectivity index (χ1n) is 12.6. The van der Waals surface area contributed by atoms with E-state index in [1.54, 1.807) is 41.5 Å². The summed E-state index contributed by atoms with van der Waals surface area (Å²) in [6.07, 6.45) is -0.197. The van der Waals surface area contributed by atoms with Crippen molar-refractivity contribution in [2.45, 2.75) is 54.4 Å². The number of Topliss-reactive ketones (excluding diaryl/α,β-unsaturated/α-hetero) is 1. The van der Waals surface area contributed by atoms with Gasteiger partial charge >= 0.3 is 27.1 Å². The SMILES string of the molecule is CC(C)(C)C(=O)OCOP(=O)(O)c1ccc(O)c(C(=O)CCc2ccc(P(=O)(O)OCOC(=O)C(C)(C)C)c(O)c2)c1. The average molecular weight is 631 g/mol. The number of rotatable bonds is 12. The van der Waals surface area contributed by atoms with Gasteiger partial charge in [0.05, 0.1) is 21.7 Å². The molecule has 0 fully saturated rings. The molecule has 2 atom stereocenters. The lowest BCUT2D eigenvalue weighted by atomic mass is 9.98. The minimum absolute atomic E-state index is 0.0200. The predicted octanol–water partition coefficient (Wildman–Crippen LogP) is 3.66. The molecule has 13 nitrogen and oxygen atoms in total. The van der Waals surface area contributed by atoms with Crippen molar-refractivity contribution >= 4 is 43.5 Å². The van der Waals surface area contributed by atoms with Gasteiger partial charge in [0.25, 0.3) is 0 Å². The Morgan fingerprint density at radius 2 is 1.26 bits per heavy atom. The predicted molar refractivity (Wildman–Crippen MR) is 151 cm³/mol. The van der Waals surface area contributed by atoms with E-state index >= 15 is 0 Å². The van der Waals surface area contributed by atoms with Crippen molar-refractivity contribution in [3.63, 3.8) is 0 Å². The van der Waals surface area contributed by atoms with Gasteiger partial charge < -0.3 is 29.5 Å². The Hall–Kier alpha value is -3.05. The molecule has 0 spiro atoms. The molecule has 0 aliphatic carbocycles. The maximum absolute atomic E-state index is 12.8. The Balaban J connectivity index is 2.06. The van der Waals surface area contributed by atoms with Gasteiger partial charge in [-0.25, -0.2) is 0 Å². The Morgan fingerprint density at radius 3 is 1.76 bits per heavy atom. The highest BCUT2D eigenvalue weighted by molar-refractivity contribution is 7.61. The largest absolute Gasteiger partial charge is 0.507 e. The third kappa shape index (κ3) is 9.76. The van der Waals surface area contributed by atoms with E-state index in [4.69, 9.17) is 18.5 Å². The second-order valence-corrected chi connectivity index (χ2v) is 14.9. The second-order valence-electron chi connectivity index (χ2n) is 11.3. The number of hydrogen-bond donors (Lipinski definition) is 4. The molecule has 2 aromatic carbocycles. The van der Waals surface area contributed by atoms with E-state index in [0.29, 0.717) is 5.56 Å². The Labute approximate surface area is 243 Å². The van der Waals surface area contributed by atoms with Gasteiger partial charge in [-0.1, -0.05) is 6.07 Å². The van der Waals surface area contributed by atoms with Crippen molar-refractivity contribution in [3.8, 4) is 11.5 Å². The zero-order valence-electron chi connectivity index (χ0n) is 24.2. The minimum atomic E-state index is -4.56. The van der Waals surface area contributed by atoms with E-state index in [2.05, 4.69) is 0 Å². The average Bonchev–Trinajstić information content (AvgIpc) is 2.85. The monoisotopic (exact) mass is 630 g/mol. The van der Waals surface area contributed by atoms with Crippen LogP contribution in [0.25, 0.3) is 0 Å². The molecule has 4 N–H and O–H groups in total. The molecule has 42 heavy (non-hydrogen) atoms. The summed E-state index contributed by atoms with van der Waals surface area (Å²) >= 11 is 0. The maximum Gasteiger partial charge on any atom is 0.365 e. The smallest absolute Gasteiger partial charge is 0.365 e. The number of carbonyl (C=O) groups is 3. The van der Waals surface area contributed by atoms with Crippen LogP contribution in [0.5, 0.6) is 11.5 Å². The molecule has 15 heteroatoms. The van der Waals surface area contributed by atoms with Crippen LogP contribution in [-0.2, 0) is 43.7 Å². The van der Waals surface area contributed by atoms with Gasteiger partial charge in [-0.15, -0.1) is 0 Å². The molecule has 2 rings (SSSR count). The molecule has 232 valence electrons. The molecule has 0 aromatic heterocycles. The first kappa shape index (κ1) is 35.1. The third-order valence-corrected chi connectivity index (χ3v) is 8.48. The summed E-state index contributed by atoms with van der Waals surface area (Å²) < 4.78 is 44.5. The van der Waals surface area contributed by atoms with Crippen molar-refractivity contribution < 1.29 is 62.0 Å². The van der Waals surface area contributed by atoms with Crippen molar-refractivity contribution in [1.82, 2.24) is 0 Å². The summed E-state index contributed by atoms with van der Waals surface area (Å²) in [6, 6.07) is 6.80. The molecule has 0 amide bonds. The van der Waals surface area contributed by atoms with Gasteiger partial charge in [0.1, 0.15) is 16.8 Å². The Bertz CT molecular complexity index is 1420. The molecule has 0 saturated heterocycles. The fourth-order valence-corrected chi connectivity index (χ4v) is 5.01. The van der Waals surface area contributed by atoms with E-state index in [-0.39, 0.29) is 23.7 Å². The standard InChI is InChI=1S/C27H36O13P2/c1-26(2,3)24(31)37-15-39-41(33,34)18-9-11-21(29)19(14-18)20(28)10-7-17-8-12-23(22(30)13-17)42(35,36)40-16-38-25(32)27(4,5)6/h8-9,11-14,29-30H,7,10,15-16H2,1-6H3,(H,33,34)(H,35,36). The van der Waals surface area contributed by atoms with E-state index in [1.807, 2.05) is 0 Å². The lowest BCUT2D eigenvalue weighted by Crippen LogP contribution is -2.24. The summed E-state index contributed by atoms with van der Waals surface area (Å²) in [7, 11) is -9.09. The first-order valence-corrected chi connectivity index (χ1v) is 15.8. The zero-order valence-corrected chi connectivity index (χ0v) is 25.9. The highest BCUT2D eigenvalue weighted by Gasteiger charge is 2.30. The number of ketones is 1. The van der Waals surface area contributed by atoms with Gasteiger partial charge in [0, 0.05) is 6.42 Å². The van der Waals surface area contributed by atoms with E-state index in [9.17, 15) is 43.5 Å². The van der Waals surface area contributed by atoms with Crippen LogP contribution in [0, 0.1) is 10.8 Å². The zero-order chi connectivity index (χ0) is 32.1. The fraction of sp³-hybridized carbons (Fsp3) is 0.444. The molecule has 0 heterocycles. The van der Waals surface area contributed by atoms with Gasteiger partial charge in [-0.05, 0) is 83.9 Å².